The maximum absolute atomic E-state index is 10.9. The number of anilines is 1. The van der Waals surface area contributed by atoms with E-state index in [9.17, 15) is 4.79 Å². The summed E-state index contributed by atoms with van der Waals surface area (Å²) >= 11 is 0. The van der Waals surface area contributed by atoms with Gasteiger partial charge >= 0.3 is 5.97 Å². The molecule has 16 heavy (non-hydrogen) atoms. The van der Waals surface area contributed by atoms with Crippen LogP contribution in [0, 0.1) is 0 Å². The number of methoxy groups -OCH3 is 1. The Morgan fingerprint density at radius 2 is 2.06 bits per heavy atom. The summed E-state index contributed by atoms with van der Waals surface area (Å²) in [6.07, 6.45) is 4.05. The van der Waals surface area contributed by atoms with Crippen molar-refractivity contribution in [3.63, 3.8) is 0 Å². The molecule has 0 heterocycles. The summed E-state index contributed by atoms with van der Waals surface area (Å²) in [5.74, 6) is -0.224. The molecule has 0 aliphatic carbocycles. The first-order chi connectivity index (χ1) is 7.65. The Bertz CT molecular complexity index is 383. The fraction of sp³-hybridized carbons (Fsp3) is 0.308. The van der Waals surface area contributed by atoms with Gasteiger partial charge in [0.15, 0.2) is 0 Å². The third-order valence-electron chi connectivity index (χ3n) is 2.23. The van der Waals surface area contributed by atoms with E-state index in [1.165, 1.54) is 7.11 Å². The van der Waals surface area contributed by atoms with Crippen LogP contribution in [0.15, 0.2) is 30.3 Å². The van der Waals surface area contributed by atoms with Crippen LogP contribution in [0.1, 0.15) is 12.0 Å². The number of para-hydroxylation sites is 1. The lowest BCUT2D eigenvalue weighted by Gasteiger charge is -2.15. The van der Waals surface area contributed by atoms with E-state index in [-0.39, 0.29) is 5.97 Å². The normalized spacial score (nSPS) is 10.4. The number of carbonyl (C=O) groups excluding carboxylic acids is 1. The van der Waals surface area contributed by atoms with E-state index >= 15 is 0 Å². The van der Waals surface area contributed by atoms with Gasteiger partial charge in [0.25, 0.3) is 0 Å². The molecule has 1 aromatic rings. The lowest BCUT2D eigenvalue weighted by atomic mass is 10.1. The molecule has 0 N–H and O–H groups in total. The summed E-state index contributed by atoms with van der Waals surface area (Å²) in [5.41, 5.74) is 2.22. The standard InChI is InChI=1S/C13H17NO2/c1-14(2)12-9-5-4-7-11(12)8-6-10-13(15)16-3/h4-9H,10H2,1-3H3. The van der Waals surface area contributed by atoms with Crippen LogP contribution in [0.2, 0.25) is 0 Å². The molecule has 0 aliphatic rings. The number of benzene rings is 1. The quantitative estimate of drug-likeness (QED) is 0.728. The van der Waals surface area contributed by atoms with E-state index in [1.807, 2.05) is 55.4 Å². The molecule has 3 nitrogen and oxygen atoms in total. The van der Waals surface area contributed by atoms with Gasteiger partial charge in [-0.2, -0.15) is 0 Å². The topological polar surface area (TPSA) is 29.5 Å². The Hall–Kier alpha value is -1.77. The summed E-state index contributed by atoms with van der Waals surface area (Å²) in [6.45, 7) is 0. The number of nitrogens with zero attached hydrogens (tertiary/aromatic N) is 1. The fourth-order valence-corrected chi connectivity index (χ4v) is 1.40. The molecule has 0 amide bonds. The van der Waals surface area contributed by atoms with Gasteiger partial charge in [-0.15, -0.1) is 0 Å². The molecule has 0 bridgehead atoms. The maximum Gasteiger partial charge on any atom is 0.309 e. The first-order valence-corrected chi connectivity index (χ1v) is 5.15. The molecule has 0 aromatic heterocycles. The van der Waals surface area contributed by atoms with Gasteiger partial charge in [0, 0.05) is 19.8 Å². The number of ether oxygens (including phenoxy) is 1. The Balaban J connectivity index is 2.76. The van der Waals surface area contributed by atoms with Crippen molar-refractivity contribution in [2.75, 3.05) is 26.1 Å². The van der Waals surface area contributed by atoms with Crippen molar-refractivity contribution in [1.82, 2.24) is 0 Å². The Kier molecular flexibility index (Phi) is 4.58. The van der Waals surface area contributed by atoms with Crippen LogP contribution < -0.4 is 4.90 Å². The smallest absolute Gasteiger partial charge is 0.309 e. The van der Waals surface area contributed by atoms with Crippen LogP contribution in [-0.2, 0) is 9.53 Å². The predicted octanol–water partition coefficient (Wildman–Crippen LogP) is 2.33. The Morgan fingerprint density at radius 3 is 2.69 bits per heavy atom. The zero-order chi connectivity index (χ0) is 12.0. The number of esters is 1. The number of rotatable bonds is 4. The highest BCUT2D eigenvalue weighted by atomic mass is 16.5. The van der Waals surface area contributed by atoms with Crippen molar-refractivity contribution in [2.45, 2.75) is 6.42 Å². The summed E-state index contributed by atoms with van der Waals surface area (Å²) in [5, 5.41) is 0. The molecule has 0 saturated carbocycles. The summed E-state index contributed by atoms with van der Waals surface area (Å²) < 4.78 is 4.57. The average Bonchev–Trinajstić information content (AvgIpc) is 2.29. The highest BCUT2D eigenvalue weighted by Gasteiger charge is 2.00. The van der Waals surface area contributed by atoms with Crippen molar-refractivity contribution >= 4 is 17.7 Å². The van der Waals surface area contributed by atoms with Crippen LogP contribution in [0.4, 0.5) is 5.69 Å². The second-order valence-electron chi connectivity index (χ2n) is 3.64. The second-order valence-corrected chi connectivity index (χ2v) is 3.64. The third-order valence-corrected chi connectivity index (χ3v) is 2.23. The molecule has 0 fully saturated rings. The molecular formula is C13H17NO2. The van der Waals surface area contributed by atoms with Gasteiger partial charge in [0.05, 0.1) is 13.5 Å². The van der Waals surface area contributed by atoms with E-state index < -0.39 is 0 Å². The van der Waals surface area contributed by atoms with E-state index in [2.05, 4.69) is 4.74 Å². The fourth-order valence-electron chi connectivity index (χ4n) is 1.40. The van der Waals surface area contributed by atoms with Gasteiger partial charge in [-0.05, 0) is 11.6 Å². The molecular weight excluding hydrogens is 202 g/mol. The zero-order valence-corrected chi connectivity index (χ0v) is 9.93. The molecule has 1 rings (SSSR count). The zero-order valence-electron chi connectivity index (χ0n) is 9.93. The number of carbonyl (C=O) groups is 1. The van der Waals surface area contributed by atoms with Crippen LogP contribution in [0.25, 0.3) is 6.08 Å². The average molecular weight is 219 g/mol. The lowest BCUT2D eigenvalue weighted by molar-refractivity contribution is -0.139. The lowest BCUT2D eigenvalue weighted by Crippen LogP contribution is -2.09. The van der Waals surface area contributed by atoms with Crippen molar-refractivity contribution in [2.24, 2.45) is 0 Å². The minimum atomic E-state index is -0.224. The second kappa shape index (κ2) is 5.95. The third kappa shape index (κ3) is 3.42. The molecule has 0 radical (unpaired) electrons. The SMILES string of the molecule is COC(=O)CC=Cc1ccccc1N(C)C. The van der Waals surface area contributed by atoms with Gasteiger partial charge in [0.1, 0.15) is 0 Å². The minimum Gasteiger partial charge on any atom is -0.469 e. The predicted molar refractivity (Wildman–Crippen MR) is 66.4 cm³/mol. The molecule has 0 atom stereocenters. The summed E-state index contributed by atoms with van der Waals surface area (Å²) in [7, 11) is 5.38. The number of hydrogen-bond acceptors (Lipinski definition) is 3. The maximum atomic E-state index is 10.9. The number of hydrogen-bond donors (Lipinski definition) is 0. The molecule has 0 spiro atoms. The van der Waals surface area contributed by atoms with E-state index in [4.69, 9.17) is 0 Å². The highest BCUT2D eigenvalue weighted by molar-refractivity contribution is 5.74. The molecule has 0 saturated heterocycles. The van der Waals surface area contributed by atoms with Gasteiger partial charge < -0.3 is 9.64 Å². The first kappa shape index (κ1) is 12.3. The largest absolute Gasteiger partial charge is 0.469 e. The van der Waals surface area contributed by atoms with Crippen LogP contribution in [-0.4, -0.2) is 27.2 Å². The van der Waals surface area contributed by atoms with Crippen LogP contribution >= 0.6 is 0 Å². The Morgan fingerprint density at radius 1 is 1.38 bits per heavy atom. The van der Waals surface area contributed by atoms with Gasteiger partial charge in [-0.3, -0.25) is 4.79 Å². The van der Waals surface area contributed by atoms with Crippen LogP contribution in [0.3, 0.4) is 0 Å². The van der Waals surface area contributed by atoms with E-state index in [0.717, 1.165) is 11.3 Å². The molecule has 86 valence electrons. The van der Waals surface area contributed by atoms with E-state index in [0.29, 0.717) is 6.42 Å². The molecule has 3 heteroatoms. The van der Waals surface area contributed by atoms with Crippen LogP contribution in [0.5, 0.6) is 0 Å². The molecule has 1 aromatic carbocycles. The molecule has 0 unspecified atom stereocenters. The summed E-state index contributed by atoms with van der Waals surface area (Å²) in [6, 6.07) is 8.03. The van der Waals surface area contributed by atoms with Gasteiger partial charge in [-0.25, -0.2) is 0 Å². The monoisotopic (exact) mass is 219 g/mol. The summed E-state index contributed by atoms with van der Waals surface area (Å²) in [4.78, 5) is 13.0. The highest BCUT2D eigenvalue weighted by Crippen LogP contribution is 2.19. The van der Waals surface area contributed by atoms with Gasteiger partial charge in [0.2, 0.25) is 0 Å². The van der Waals surface area contributed by atoms with Crippen molar-refractivity contribution < 1.29 is 9.53 Å². The van der Waals surface area contributed by atoms with Crippen molar-refractivity contribution in [3.8, 4) is 0 Å². The van der Waals surface area contributed by atoms with Gasteiger partial charge in [-0.1, -0.05) is 30.4 Å². The van der Waals surface area contributed by atoms with Crippen molar-refractivity contribution in [3.05, 3.63) is 35.9 Å². The van der Waals surface area contributed by atoms with Crippen molar-refractivity contribution in [1.29, 1.82) is 0 Å². The minimum absolute atomic E-state index is 0.224. The Labute approximate surface area is 96.3 Å². The van der Waals surface area contributed by atoms with E-state index in [1.54, 1.807) is 0 Å². The first-order valence-electron chi connectivity index (χ1n) is 5.15. The molecule has 0 aliphatic heterocycles.